The summed E-state index contributed by atoms with van der Waals surface area (Å²) in [5, 5.41) is 4.74. The van der Waals surface area contributed by atoms with Gasteiger partial charge in [0.15, 0.2) is 0 Å². The second-order valence-corrected chi connectivity index (χ2v) is 10.3. The highest BCUT2D eigenvalue weighted by molar-refractivity contribution is 7.91. The summed E-state index contributed by atoms with van der Waals surface area (Å²) >= 11 is 1.25. The lowest BCUT2D eigenvalue weighted by atomic mass is 10.0. The molecule has 4 heterocycles. The molecule has 1 aliphatic rings. The van der Waals surface area contributed by atoms with Gasteiger partial charge in [-0.2, -0.15) is 4.31 Å². The molecular weight excluding hydrogens is 408 g/mol. The fourth-order valence-corrected chi connectivity index (χ4v) is 6.77. The summed E-state index contributed by atoms with van der Waals surface area (Å²) in [4.78, 5) is 17.2. The zero-order chi connectivity index (χ0) is 20.4. The van der Waals surface area contributed by atoms with Crippen LogP contribution in [0.1, 0.15) is 41.9 Å². The number of piperidine rings is 1. The van der Waals surface area contributed by atoms with Gasteiger partial charge in [0.2, 0.25) is 0 Å². The number of sulfonamides is 1. The van der Waals surface area contributed by atoms with E-state index >= 15 is 0 Å². The number of nitrogens with zero attached hydrogens (tertiary/aromatic N) is 3. The Bertz CT molecular complexity index is 1110. The van der Waals surface area contributed by atoms with Crippen LogP contribution in [0.25, 0.3) is 5.65 Å². The quantitative estimate of drug-likeness (QED) is 0.649. The molecule has 1 saturated heterocycles. The summed E-state index contributed by atoms with van der Waals surface area (Å²) < 4.78 is 29.7. The van der Waals surface area contributed by atoms with Crippen molar-refractivity contribution in [3.63, 3.8) is 0 Å². The minimum atomic E-state index is -3.47. The van der Waals surface area contributed by atoms with Crippen molar-refractivity contribution in [2.45, 2.75) is 42.9 Å². The zero-order valence-corrected chi connectivity index (χ0v) is 17.9. The number of pyridine rings is 1. The Morgan fingerprint density at radius 3 is 2.93 bits per heavy atom. The molecular formula is C20H24N4O3S2. The molecule has 0 bridgehead atoms. The molecule has 0 aromatic carbocycles. The first-order valence-corrected chi connectivity index (χ1v) is 12.1. The van der Waals surface area contributed by atoms with Gasteiger partial charge in [0.05, 0.1) is 5.69 Å². The van der Waals surface area contributed by atoms with Crippen molar-refractivity contribution in [3.8, 4) is 0 Å². The molecule has 0 aliphatic carbocycles. The van der Waals surface area contributed by atoms with Crippen LogP contribution in [0.15, 0.2) is 46.1 Å². The van der Waals surface area contributed by atoms with E-state index in [2.05, 4.69) is 10.3 Å². The molecule has 3 aromatic rings. The number of amides is 1. The molecule has 0 spiro atoms. The molecule has 9 heteroatoms. The Morgan fingerprint density at radius 1 is 1.28 bits per heavy atom. The Labute approximate surface area is 174 Å². The van der Waals surface area contributed by atoms with Crippen molar-refractivity contribution < 1.29 is 13.2 Å². The molecule has 3 aromatic heterocycles. The van der Waals surface area contributed by atoms with Gasteiger partial charge in [0, 0.05) is 25.3 Å². The smallest absolute Gasteiger partial charge is 0.270 e. The first kappa shape index (κ1) is 20.1. The SMILES string of the molecule is Cc1nc2ccccn2c1C(=O)NCC[C@@H]1CCCCN1S(=O)(=O)c1cccs1. The maximum atomic E-state index is 13.0. The molecule has 7 nitrogen and oxygen atoms in total. The normalized spacial score (nSPS) is 18.2. The number of rotatable bonds is 6. The number of nitrogens with one attached hydrogen (secondary N) is 1. The van der Waals surface area contributed by atoms with E-state index in [4.69, 9.17) is 0 Å². The maximum Gasteiger partial charge on any atom is 0.270 e. The molecule has 0 unspecified atom stereocenters. The summed E-state index contributed by atoms with van der Waals surface area (Å²) in [6.07, 6.45) is 5.10. The number of hydrogen-bond acceptors (Lipinski definition) is 5. The summed E-state index contributed by atoms with van der Waals surface area (Å²) in [5.41, 5.74) is 1.93. The lowest BCUT2D eigenvalue weighted by Crippen LogP contribution is -2.45. The van der Waals surface area contributed by atoms with Gasteiger partial charge in [0.25, 0.3) is 15.9 Å². The molecule has 1 fully saturated rings. The van der Waals surface area contributed by atoms with Crippen molar-refractivity contribution in [3.05, 3.63) is 53.3 Å². The van der Waals surface area contributed by atoms with E-state index in [0.29, 0.717) is 35.1 Å². The lowest BCUT2D eigenvalue weighted by Gasteiger charge is -2.34. The molecule has 0 radical (unpaired) electrons. The number of carbonyl (C=O) groups excluding carboxylic acids is 1. The fourth-order valence-electron chi connectivity index (χ4n) is 3.93. The van der Waals surface area contributed by atoms with Crippen LogP contribution in [0.2, 0.25) is 0 Å². The minimum Gasteiger partial charge on any atom is -0.351 e. The van der Waals surface area contributed by atoms with Gasteiger partial charge in [-0.25, -0.2) is 13.4 Å². The number of hydrogen-bond donors (Lipinski definition) is 1. The van der Waals surface area contributed by atoms with Gasteiger partial charge in [-0.3, -0.25) is 9.20 Å². The van der Waals surface area contributed by atoms with Crippen LogP contribution in [-0.4, -0.2) is 47.1 Å². The molecule has 0 saturated carbocycles. The highest BCUT2D eigenvalue weighted by Gasteiger charge is 2.33. The first-order chi connectivity index (χ1) is 14.0. The van der Waals surface area contributed by atoms with Crippen LogP contribution < -0.4 is 5.32 Å². The highest BCUT2D eigenvalue weighted by atomic mass is 32.2. The molecule has 4 rings (SSSR count). The summed E-state index contributed by atoms with van der Waals surface area (Å²) in [7, 11) is -3.47. The van der Waals surface area contributed by atoms with E-state index in [1.54, 1.807) is 26.2 Å². The van der Waals surface area contributed by atoms with Gasteiger partial charge in [-0.1, -0.05) is 18.6 Å². The van der Waals surface area contributed by atoms with Gasteiger partial charge in [0.1, 0.15) is 15.6 Å². The van der Waals surface area contributed by atoms with Gasteiger partial charge < -0.3 is 5.32 Å². The fraction of sp³-hybridized carbons (Fsp3) is 0.400. The van der Waals surface area contributed by atoms with Crippen molar-refractivity contribution in [2.75, 3.05) is 13.1 Å². The minimum absolute atomic E-state index is 0.0977. The topological polar surface area (TPSA) is 83.8 Å². The van der Waals surface area contributed by atoms with E-state index in [9.17, 15) is 13.2 Å². The summed E-state index contributed by atoms with van der Waals surface area (Å²) in [5.74, 6) is -0.190. The highest BCUT2D eigenvalue weighted by Crippen LogP contribution is 2.29. The predicted molar refractivity (Wildman–Crippen MR) is 113 cm³/mol. The second kappa shape index (κ2) is 8.25. The number of fused-ring (bicyclic) bond motifs is 1. The third-order valence-electron chi connectivity index (χ3n) is 5.31. The Morgan fingerprint density at radius 2 is 2.14 bits per heavy atom. The second-order valence-electron chi connectivity index (χ2n) is 7.22. The van der Waals surface area contributed by atoms with E-state index in [-0.39, 0.29) is 11.9 Å². The van der Waals surface area contributed by atoms with Gasteiger partial charge >= 0.3 is 0 Å². The third kappa shape index (κ3) is 3.94. The Balaban J connectivity index is 1.44. The maximum absolute atomic E-state index is 13.0. The van der Waals surface area contributed by atoms with Gasteiger partial charge in [-0.05, 0) is 49.8 Å². The van der Waals surface area contributed by atoms with Crippen molar-refractivity contribution in [1.29, 1.82) is 0 Å². The predicted octanol–water partition coefficient (Wildman–Crippen LogP) is 3.07. The van der Waals surface area contributed by atoms with E-state index in [1.165, 1.54) is 11.3 Å². The number of aromatic nitrogens is 2. The first-order valence-electron chi connectivity index (χ1n) is 9.76. The molecule has 1 atom stereocenters. The Kier molecular flexibility index (Phi) is 5.71. The van der Waals surface area contributed by atoms with Crippen LogP contribution in [0.4, 0.5) is 0 Å². The van der Waals surface area contributed by atoms with E-state index < -0.39 is 10.0 Å². The Hall–Kier alpha value is -2.23. The average Bonchev–Trinajstić information content (AvgIpc) is 3.36. The number of imidazole rings is 1. The standard InChI is InChI=1S/C20H24N4O3S2/c1-15-19(23-12-4-3-8-17(23)22-15)20(25)21-11-10-16-7-2-5-13-24(16)29(26,27)18-9-6-14-28-18/h3-4,6,8-9,12,14,16H,2,5,7,10-11,13H2,1H3,(H,21,25)/t16-/m0/s1. The third-order valence-corrected chi connectivity index (χ3v) is 8.64. The monoisotopic (exact) mass is 432 g/mol. The molecule has 1 N–H and O–H groups in total. The van der Waals surface area contributed by atoms with Crippen LogP contribution in [-0.2, 0) is 10.0 Å². The number of carbonyl (C=O) groups is 1. The van der Waals surface area contributed by atoms with Crippen molar-refractivity contribution in [2.24, 2.45) is 0 Å². The van der Waals surface area contributed by atoms with Gasteiger partial charge in [-0.15, -0.1) is 11.3 Å². The molecule has 1 amide bonds. The summed E-state index contributed by atoms with van der Waals surface area (Å²) in [6.45, 7) is 2.77. The molecule has 154 valence electrons. The van der Waals surface area contributed by atoms with E-state index in [0.717, 1.165) is 24.9 Å². The van der Waals surface area contributed by atoms with Crippen LogP contribution in [0.3, 0.4) is 0 Å². The van der Waals surface area contributed by atoms with Crippen molar-refractivity contribution in [1.82, 2.24) is 19.0 Å². The molecule has 29 heavy (non-hydrogen) atoms. The zero-order valence-electron chi connectivity index (χ0n) is 16.2. The van der Waals surface area contributed by atoms with Crippen molar-refractivity contribution >= 4 is 32.9 Å². The van der Waals surface area contributed by atoms with Crippen LogP contribution in [0.5, 0.6) is 0 Å². The van der Waals surface area contributed by atoms with E-state index in [1.807, 2.05) is 31.3 Å². The van der Waals surface area contributed by atoms with Crippen LogP contribution in [0, 0.1) is 6.92 Å². The average molecular weight is 433 g/mol. The molecule has 1 aliphatic heterocycles. The largest absolute Gasteiger partial charge is 0.351 e. The number of aryl methyl sites for hydroxylation is 1. The lowest BCUT2D eigenvalue weighted by molar-refractivity contribution is 0.0943. The number of thiophene rings is 1. The summed E-state index contributed by atoms with van der Waals surface area (Å²) in [6, 6.07) is 8.92. The van der Waals surface area contributed by atoms with Crippen LogP contribution >= 0.6 is 11.3 Å².